The first kappa shape index (κ1) is 10.2. The predicted octanol–water partition coefficient (Wildman–Crippen LogP) is 3.15. The Morgan fingerprint density at radius 1 is 1.36 bits per heavy atom. The van der Waals surface area contributed by atoms with E-state index in [2.05, 4.69) is 5.32 Å². The number of nitrogens with one attached hydrogen (secondary N) is 1. The van der Waals surface area contributed by atoms with Gasteiger partial charge in [-0.25, -0.2) is 4.39 Å². The summed E-state index contributed by atoms with van der Waals surface area (Å²) < 4.78 is 14.3. The van der Waals surface area contributed by atoms with Gasteiger partial charge in [0.05, 0.1) is 10.0 Å². The molecule has 1 heterocycles. The van der Waals surface area contributed by atoms with Gasteiger partial charge in [0.2, 0.25) is 0 Å². The van der Waals surface area contributed by atoms with Crippen LogP contribution in [0.2, 0.25) is 10.0 Å². The van der Waals surface area contributed by atoms with Crippen molar-refractivity contribution in [2.75, 3.05) is 13.1 Å². The standard InChI is InChI=1S/C10H10Cl2FN/c11-8-3-1-2-7(9(8)12)10(13)4-5-14-6-10/h1-3,14H,4-6H2. The van der Waals surface area contributed by atoms with Gasteiger partial charge in [0, 0.05) is 12.1 Å². The summed E-state index contributed by atoms with van der Waals surface area (Å²) >= 11 is 11.8. The van der Waals surface area contributed by atoms with Crippen molar-refractivity contribution in [3.8, 4) is 0 Å². The van der Waals surface area contributed by atoms with Gasteiger partial charge in [0.25, 0.3) is 0 Å². The number of rotatable bonds is 1. The molecule has 4 heteroatoms. The fourth-order valence-corrected chi connectivity index (χ4v) is 2.21. The van der Waals surface area contributed by atoms with Crippen LogP contribution in [-0.2, 0) is 5.67 Å². The van der Waals surface area contributed by atoms with Crippen molar-refractivity contribution < 1.29 is 4.39 Å². The van der Waals surface area contributed by atoms with E-state index in [1.165, 1.54) is 0 Å². The molecule has 0 aliphatic carbocycles. The molecule has 1 fully saturated rings. The lowest BCUT2D eigenvalue weighted by atomic mass is 9.95. The third-order valence-corrected chi connectivity index (χ3v) is 3.36. The average Bonchev–Trinajstić information content (AvgIpc) is 2.58. The van der Waals surface area contributed by atoms with E-state index < -0.39 is 5.67 Å². The van der Waals surface area contributed by atoms with Crippen LogP contribution in [0.1, 0.15) is 12.0 Å². The van der Waals surface area contributed by atoms with Crippen LogP contribution in [-0.4, -0.2) is 13.1 Å². The van der Waals surface area contributed by atoms with Gasteiger partial charge in [-0.15, -0.1) is 0 Å². The first-order chi connectivity index (χ1) is 6.63. The second kappa shape index (κ2) is 3.69. The second-order valence-corrected chi connectivity index (χ2v) is 4.28. The molecule has 2 rings (SSSR count). The molecule has 0 radical (unpaired) electrons. The highest BCUT2D eigenvalue weighted by atomic mass is 35.5. The summed E-state index contributed by atoms with van der Waals surface area (Å²) in [5.74, 6) is 0. The van der Waals surface area contributed by atoms with Gasteiger partial charge in [0.15, 0.2) is 5.67 Å². The molecular weight excluding hydrogens is 224 g/mol. The first-order valence-corrected chi connectivity index (χ1v) is 5.23. The van der Waals surface area contributed by atoms with Crippen molar-refractivity contribution in [3.63, 3.8) is 0 Å². The number of benzene rings is 1. The molecule has 1 aliphatic rings. The molecule has 1 aromatic carbocycles. The van der Waals surface area contributed by atoms with Crippen LogP contribution in [0.4, 0.5) is 4.39 Å². The van der Waals surface area contributed by atoms with Crippen LogP contribution in [0.25, 0.3) is 0 Å². The lowest BCUT2D eigenvalue weighted by Gasteiger charge is -2.20. The summed E-state index contributed by atoms with van der Waals surface area (Å²) in [6.45, 7) is 0.992. The van der Waals surface area contributed by atoms with Gasteiger partial charge in [-0.05, 0) is 19.0 Å². The number of hydrogen-bond donors (Lipinski definition) is 1. The highest BCUT2D eigenvalue weighted by Gasteiger charge is 2.37. The Labute approximate surface area is 92.2 Å². The van der Waals surface area contributed by atoms with Crippen LogP contribution in [0, 0.1) is 0 Å². The zero-order valence-corrected chi connectivity index (χ0v) is 9.00. The zero-order chi connectivity index (χ0) is 10.2. The minimum absolute atomic E-state index is 0.313. The quantitative estimate of drug-likeness (QED) is 0.786. The molecule has 1 unspecified atom stereocenters. The molecule has 1 nitrogen and oxygen atoms in total. The number of halogens is 3. The Kier molecular flexibility index (Phi) is 2.69. The SMILES string of the molecule is FC1(c2cccc(Cl)c2Cl)CCNC1. The third kappa shape index (κ3) is 1.62. The molecule has 1 aromatic rings. The van der Waals surface area contributed by atoms with E-state index in [1.807, 2.05) is 0 Å². The molecule has 0 amide bonds. The Balaban J connectivity index is 2.45. The molecule has 0 saturated carbocycles. The van der Waals surface area contributed by atoms with E-state index in [0.717, 1.165) is 0 Å². The van der Waals surface area contributed by atoms with Crippen LogP contribution in [0.15, 0.2) is 18.2 Å². The normalized spacial score (nSPS) is 26.8. The van der Waals surface area contributed by atoms with E-state index in [-0.39, 0.29) is 0 Å². The Hall–Kier alpha value is -0.310. The minimum atomic E-state index is -1.36. The molecule has 1 atom stereocenters. The molecule has 14 heavy (non-hydrogen) atoms. The average molecular weight is 234 g/mol. The van der Waals surface area contributed by atoms with Gasteiger partial charge in [-0.3, -0.25) is 0 Å². The molecule has 0 spiro atoms. The van der Waals surface area contributed by atoms with E-state index >= 15 is 0 Å². The maximum absolute atomic E-state index is 14.3. The van der Waals surface area contributed by atoms with Crippen molar-refractivity contribution in [2.24, 2.45) is 0 Å². The maximum Gasteiger partial charge on any atom is 0.151 e. The summed E-state index contributed by atoms with van der Waals surface area (Å²) in [6, 6.07) is 5.09. The number of alkyl halides is 1. The largest absolute Gasteiger partial charge is 0.313 e. The summed E-state index contributed by atoms with van der Waals surface area (Å²) in [5.41, 5.74) is -0.862. The lowest BCUT2D eigenvalue weighted by Crippen LogP contribution is -2.23. The van der Waals surface area contributed by atoms with Crippen molar-refractivity contribution >= 4 is 23.2 Å². The third-order valence-electron chi connectivity index (χ3n) is 2.54. The molecule has 0 bridgehead atoms. The molecule has 1 N–H and O–H groups in total. The van der Waals surface area contributed by atoms with Crippen molar-refractivity contribution in [2.45, 2.75) is 12.1 Å². The van der Waals surface area contributed by atoms with Crippen molar-refractivity contribution in [1.82, 2.24) is 5.32 Å². The Bertz CT molecular complexity index is 348. The van der Waals surface area contributed by atoms with E-state index in [0.29, 0.717) is 35.1 Å². The van der Waals surface area contributed by atoms with Crippen molar-refractivity contribution in [1.29, 1.82) is 0 Å². The molecule has 0 aromatic heterocycles. The summed E-state index contributed by atoms with van der Waals surface area (Å²) in [4.78, 5) is 0. The van der Waals surface area contributed by atoms with Crippen LogP contribution in [0.3, 0.4) is 0 Å². The summed E-state index contributed by atoms with van der Waals surface area (Å²) in [6.07, 6.45) is 0.451. The molecular formula is C10H10Cl2FN. The lowest BCUT2D eigenvalue weighted by molar-refractivity contribution is 0.193. The van der Waals surface area contributed by atoms with E-state index in [4.69, 9.17) is 23.2 Å². The van der Waals surface area contributed by atoms with E-state index in [9.17, 15) is 4.39 Å². The highest BCUT2D eigenvalue weighted by molar-refractivity contribution is 6.42. The smallest absolute Gasteiger partial charge is 0.151 e. The molecule has 1 aliphatic heterocycles. The van der Waals surface area contributed by atoms with Crippen LogP contribution < -0.4 is 5.32 Å². The van der Waals surface area contributed by atoms with Gasteiger partial charge >= 0.3 is 0 Å². The molecule has 76 valence electrons. The van der Waals surface area contributed by atoms with Crippen LogP contribution in [0.5, 0.6) is 0 Å². The fourth-order valence-electron chi connectivity index (χ4n) is 1.74. The second-order valence-electron chi connectivity index (χ2n) is 3.49. The van der Waals surface area contributed by atoms with E-state index in [1.54, 1.807) is 18.2 Å². The fraction of sp³-hybridized carbons (Fsp3) is 0.400. The Morgan fingerprint density at radius 2 is 2.14 bits per heavy atom. The topological polar surface area (TPSA) is 12.0 Å². The molecule has 1 saturated heterocycles. The predicted molar refractivity (Wildman–Crippen MR) is 56.7 cm³/mol. The van der Waals surface area contributed by atoms with Crippen LogP contribution >= 0.6 is 23.2 Å². The summed E-state index contributed by atoms with van der Waals surface area (Å²) in [7, 11) is 0. The maximum atomic E-state index is 14.3. The monoisotopic (exact) mass is 233 g/mol. The highest BCUT2D eigenvalue weighted by Crippen LogP contribution is 2.39. The van der Waals surface area contributed by atoms with Gasteiger partial charge in [-0.2, -0.15) is 0 Å². The zero-order valence-electron chi connectivity index (χ0n) is 7.49. The van der Waals surface area contributed by atoms with Crippen molar-refractivity contribution in [3.05, 3.63) is 33.8 Å². The Morgan fingerprint density at radius 3 is 2.79 bits per heavy atom. The number of hydrogen-bond acceptors (Lipinski definition) is 1. The van der Waals surface area contributed by atoms with Gasteiger partial charge in [0.1, 0.15) is 0 Å². The van der Waals surface area contributed by atoms with Gasteiger partial charge < -0.3 is 5.32 Å². The summed E-state index contributed by atoms with van der Waals surface area (Å²) in [5, 5.41) is 3.73. The first-order valence-electron chi connectivity index (χ1n) is 4.48. The van der Waals surface area contributed by atoms with Gasteiger partial charge in [-0.1, -0.05) is 35.3 Å². The minimum Gasteiger partial charge on any atom is -0.313 e.